The van der Waals surface area contributed by atoms with Crippen LogP contribution < -0.4 is 15.5 Å². The molecule has 0 aliphatic rings. The van der Waals surface area contributed by atoms with Crippen LogP contribution >= 0.6 is 11.6 Å². The zero-order valence-corrected chi connectivity index (χ0v) is 16.4. The molecule has 7 heteroatoms. The summed E-state index contributed by atoms with van der Waals surface area (Å²) in [7, 11) is 1.63. The Hall–Kier alpha value is -2.99. The second-order valence-corrected chi connectivity index (χ2v) is 6.71. The van der Waals surface area contributed by atoms with E-state index in [9.17, 15) is 14.7 Å². The first-order chi connectivity index (χ1) is 13.5. The summed E-state index contributed by atoms with van der Waals surface area (Å²) < 4.78 is 7.07. The monoisotopic (exact) mass is 400 g/mol. The van der Waals surface area contributed by atoms with Gasteiger partial charge >= 0.3 is 5.97 Å². The molecule has 0 fully saturated rings. The molecule has 0 amide bonds. The van der Waals surface area contributed by atoms with Crippen LogP contribution in [0.3, 0.4) is 0 Å². The number of hydrogen-bond acceptors (Lipinski definition) is 4. The van der Waals surface area contributed by atoms with Crippen molar-refractivity contribution in [1.29, 1.82) is 0 Å². The standard InChI is InChI=1S/C21H21ClN2O4/c1-3-24-12-15(21(26)27)20(25)14-10-17(16(22)11-18(14)24)23-9-8-13-6-4-5-7-19(13)28-2/h4-7,10-12,23H,3,8-9H2,1-2H3,(H,26,27). The van der Waals surface area contributed by atoms with E-state index < -0.39 is 11.4 Å². The molecule has 146 valence electrons. The summed E-state index contributed by atoms with van der Waals surface area (Å²) in [5.74, 6) is -0.430. The lowest BCUT2D eigenvalue weighted by atomic mass is 10.1. The fourth-order valence-corrected chi connectivity index (χ4v) is 3.43. The van der Waals surface area contributed by atoms with Crippen LogP contribution in [0.1, 0.15) is 22.8 Å². The van der Waals surface area contributed by atoms with E-state index in [0.29, 0.717) is 41.1 Å². The molecule has 3 rings (SSSR count). The maximum absolute atomic E-state index is 12.6. The number of pyridine rings is 1. The molecule has 0 spiro atoms. The van der Waals surface area contributed by atoms with Gasteiger partial charge in [0.05, 0.1) is 23.3 Å². The van der Waals surface area contributed by atoms with Crippen molar-refractivity contribution in [3.8, 4) is 5.75 Å². The van der Waals surface area contributed by atoms with Crippen molar-refractivity contribution in [3.05, 3.63) is 69.0 Å². The molecule has 1 heterocycles. The number of nitrogens with one attached hydrogen (secondary N) is 1. The molecule has 28 heavy (non-hydrogen) atoms. The number of aromatic carboxylic acids is 1. The minimum Gasteiger partial charge on any atom is -0.496 e. The second kappa shape index (κ2) is 8.35. The number of carboxylic acid groups (broad SMARTS) is 1. The summed E-state index contributed by atoms with van der Waals surface area (Å²) in [5, 5.41) is 13.3. The molecule has 6 nitrogen and oxygen atoms in total. The highest BCUT2D eigenvalue weighted by atomic mass is 35.5. The zero-order valence-electron chi connectivity index (χ0n) is 15.7. The number of para-hydroxylation sites is 1. The van der Waals surface area contributed by atoms with Gasteiger partial charge in [0.25, 0.3) is 0 Å². The molecule has 0 saturated carbocycles. The Balaban J connectivity index is 1.93. The molecule has 0 bridgehead atoms. The van der Waals surface area contributed by atoms with Gasteiger partial charge in [-0.15, -0.1) is 0 Å². The first-order valence-corrected chi connectivity index (χ1v) is 9.29. The Bertz CT molecular complexity index is 1090. The Labute approximate surface area is 167 Å². The van der Waals surface area contributed by atoms with E-state index in [-0.39, 0.29) is 5.56 Å². The average Bonchev–Trinajstić information content (AvgIpc) is 2.69. The zero-order chi connectivity index (χ0) is 20.3. The van der Waals surface area contributed by atoms with E-state index >= 15 is 0 Å². The number of hydrogen-bond donors (Lipinski definition) is 2. The molecule has 1 aromatic heterocycles. The Morgan fingerprint density at radius 2 is 2.04 bits per heavy atom. The van der Waals surface area contributed by atoms with E-state index in [1.165, 1.54) is 6.20 Å². The SMILES string of the molecule is CCn1cc(C(=O)O)c(=O)c2cc(NCCc3ccccc3OC)c(Cl)cc21. The van der Waals surface area contributed by atoms with Crippen LogP contribution in [0.4, 0.5) is 5.69 Å². The summed E-state index contributed by atoms with van der Waals surface area (Å²) in [6, 6.07) is 11.1. The maximum atomic E-state index is 12.6. The molecule has 2 N–H and O–H groups in total. The highest BCUT2D eigenvalue weighted by molar-refractivity contribution is 6.34. The van der Waals surface area contributed by atoms with Gasteiger partial charge in [0.15, 0.2) is 0 Å². The fourth-order valence-electron chi connectivity index (χ4n) is 3.20. The number of halogens is 1. The summed E-state index contributed by atoms with van der Waals surface area (Å²) >= 11 is 6.41. The lowest BCUT2D eigenvalue weighted by Gasteiger charge is -2.14. The Morgan fingerprint density at radius 3 is 2.71 bits per heavy atom. The molecule has 2 aromatic carbocycles. The van der Waals surface area contributed by atoms with Gasteiger partial charge in [-0.3, -0.25) is 4.79 Å². The van der Waals surface area contributed by atoms with Gasteiger partial charge in [-0.05, 0) is 37.1 Å². The number of rotatable bonds is 7. The minimum atomic E-state index is -1.24. The highest BCUT2D eigenvalue weighted by Crippen LogP contribution is 2.27. The maximum Gasteiger partial charge on any atom is 0.341 e. The second-order valence-electron chi connectivity index (χ2n) is 6.30. The van der Waals surface area contributed by atoms with Crippen molar-refractivity contribution in [2.45, 2.75) is 19.9 Å². The number of fused-ring (bicyclic) bond motifs is 1. The van der Waals surface area contributed by atoms with Crippen LogP contribution in [-0.2, 0) is 13.0 Å². The molecular formula is C21H21ClN2O4. The predicted molar refractivity (Wildman–Crippen MR) is 111 cm³/mol. The van der Waals surface area contributed by atoms with Crippen molar-refractivity contribution >= 4 is 34.2 Å². The normalized spacial score (nSPS) is 10.8. The van der Waals surface area contributed by atoms with Crippen LogP contribution in [-0.4, -0.2) is 29.3 Å². The van der Waals surface area contributed by atoms with Crippen LogP contribution in [0.5, 0.6) is 5.75 Å². The quantitative estimate of drug-likeness (QED) is 0.625. The topological polar surface area (TPSA) is 80.6 Å². The van der Waals surface area contributed by atoms with Crippen LogP contribution in [0, 0.1) is 0 Å². The van der Waals surface area contributed by atoms with E-state index in [4.69, 9.17) is 16.3 Å². The van der Waals surface area contributed by atoms with Gasteiger partial charge in [-0.2, -0.15) is 0 Å². The van der Waals surface area contributed by atoms with Gasteiger partial charge in [0, 0.05) is 24.7 Å². The number of nitrogens with zero attached hydrogens (tertiary/aromatic N) is 1. The largest absolute Gasteiger partial charge is 0.496 e. The number of aromatic nitrogens is 1. The Kier molecular flexibility index (Phi) is 5.90. The lowest BCUT2D eigenvalue weighted by Crippen LogP contribution is -2.19. The molecule has 0 atom stereocenters. The third-order valence-electron chi connectivity index (χ3n) is 4.64. The van der Waals surface area contributed by atoms with Gasteiger partial charge in [-0.1, -0.05) is 29.8 Å². The van der Waals surface area contributed by atoms with Crippen LogP contribution in [0.25, 0.3) is 10.9 Å². The van der Waals surface area contributed by atoms with Crippen molar-refractivity contribution in [1.82, 2.24) is 4.57 Å². The van der Waals surface area contributed by atoms with Crippen molar-refractivity contribution in [2.75, 3.05) is 19.0 Å². The van der Waals surface area contributed by atoms with Gasteiger partial charge in [0.2, 0.25) is 5.43 Å². The molecular weight excluding hydrogens is 380 g/mol. The summed E-state index contributed by atoms with van der Waals surface area (Å²) in [6.45, 7) is 2.98. The Morgan fingerprint density at radius 1 is 1.29 bits per heavy atom. The number of ether oxygens (including phenoxy) is 1. The van der Waals surface area contributed by atoms with Crippen molar-refractivity contribution < 1.29 is 14.6 Å². The number of carbonyl (C=O) groups is 1. The van der Waals surface area contributed by atoms with Gasteiger partial charge < -0.3 is 19.7 Å². The molecule has 3 aromatic rings. The number of benzene rings is 2. The van der Waals surface area contributed by atoms with E-state index in [1.807, 2.05) is 31.2 Å². The van der Waals surface area contributed by atoms with Crippen LogP contribution in [0.2, 0.25) is 5.02 Å². The first kappa shape index (κ1) is 19.8. The average molecular weight is 401 g/mol. The molecule has 0 saturated heterocycles. The number of methoxy groups -OCH3 is 1. The summed E-state index contributed by atoms with van der Waals surface area (Å²) in [4.78, 5) is 24.0. The number of carboxylic acids is 1. The first-order valence-electron chi connectivity index (χ1n) is 8.92. The number of aryl methyl sites for hydroxylation is 1. The van der Waals surface area contributed by atoms with Crippen molar-refractivity contribution in [3.63, 3.8) is 0 Å². The predicted octanol–water partition coefficient (Wildman–Crippen LogP) is 4.04. The summed E-state index contributed by atoms with van der Waals surface area (Å²) in [6.07, 6.45) is 2.06. The highest BCUT2D eigenvalue weighted by Gasteiger charge is 2.16. The molecule has 0 radical (unpaired) electrons. The van der Waals surface area contributed by atoms with Crippen LogP contribution in [0.15, 0.2) is 47.4 Å². The van der Waals surface area contributed by atoms with E-state index in [2.05, 4.69) is 5.32 Å². The third kappa shape index (κ3) is 3.82. The molecule has 0 unspecified atom stereocenters. The minimum absolute atomic E-state index is 0.253. The molecule has 0 aliphatic heterocycles. The van der Waals surface area contributed by atoms with Gasteiger partial charge in [-0.25, -0.2) is 4.79 Å². The van der Waals surface area contributed by atoms with E-state index in [1.54, 1.807) is 23.8 Å². The fraction of sp³-hybridized carbons (Fsp3) is 0.238. The van der Waals surface area contributed by atoms with Gasteiger partial charge in [0.1, 0.15) is 11.3 Å². The lowest BCUT2D eigenvalue weighted by molar-refractivity contribution is 0.0695. The smallest absolute Gasteiger partial charge is 0.341 e. The van der Waals surface area contributed by atoms with E-state index in [0.717, 1.165) is 11.3 Å². The van der Waals surface area contributed by atoms with Crippen molar-refractivity contribution in [2.24, 2.45) is 0 Å². The molecule has 0 aliphatic carbocycles. The third-order valence-corrected chi connectivity index (χ3v) is 4.96. The summed E-state index contributed by atoms with van der Waals surface area (Å²) in [5.41, 5.74) is 1.48. The number of anilines is 1.